The number of hydrogen-bond acceptors (Lipinski definition) is 1. The Morgan fingerprint density at radius 1 is 0.348 bits per heavy atom. The minimum Gasteiger partial charge on any atom is -0.308 e. The highest BCUT2D eigenvalue weighted by Gasteiger charge is 2.31. The third-order valence-electron chi connectivity index (χ3n) is 13.4. The number of nitrogens with zero attached hydrogens (tertiary/aromatic N) is 3. The third kappa shape index (κ3) is 7.24. The Hall–Kier alpha value is -8.92. The zero-order valence-electron chi connectivity index (χ0n) is 37.3. The lowest BCUT2D eigenvalue weighted by Gasteiger charge is -2.20. The van der Waals surface area contributed by atoms with Gasteiger partial charge in [0.2, 0.25) is 0 Å². The number of aromatic nitrogens is 2. The van der Waals surface area contributed by atoms with Crippen molar-refractivity contribution < 1.29 is 13.2 Å². The summed E-state index contributed by atoms with van der Waals surface area (Å²) >= 11 is 0. The highest BCUT2D eigenvalue weighted by Crippen LogP contribution is 2.44. The van der Waals surface area contributed by atoms with Crippen molar-refractivity contribution in [3.8, 4) is 73.1 Å². The number of rotatable bonds is 7. The summed E-state index contributed by atoms with van der Waals surface area (Å²) in [7, 11) is 0. The van der Waals surface area contributed by atoms with Crippen LogP contribution in [0.2, 0.25) is 0 Å². The van der Waals surface area contributed by atoms with E-state index in [1.807, 2.05) is 84.9 Å². The first kappa shape index (κ1) is 41.5. The zero-order valence-corrected chi connectivity index (χ0v) is 37.3. The Kier molecular flexibility index (Phi) is 9.89. The highest BCUT2D eigenvalue weighted by atomic mass is 19.4. The van der Waals surface area contributed by atoms with Gasteiger partial charge >= 0.3 is 6.18 Å². The van der Waals surface area contributed by atoms with E-state index in [0.717, 1.165) is 88.1 Å². The maximum absolute atomic E-state index is 14.7. The van der Waals surface area contributed by atoms with Gasteiger partial charge in [-0.1, -0.05) is 176 Å². The normalized spacial score (nSPS) is 11.8. The number of aryl methyl sites for hydroxylation is 1. The molecule has 2 heterocycles. The monoisotopic (exact) mass is 895 g/mol. The van der Waals surface area contributed by atoms with Crippen LogP contribution in [0, 0.1) is 18.3 Å². The van der Waals surface area contributed by atoms with Gasteiger partial charge in [0.05, 0.1) is 39.0 Å². The number of nitriles is 1. The lowest BCUT2D eigenvalue weighted by molar-refractivity contribution is -0.137. The van der Waals surface area contributed by atoms with Crippen LogP contribution in [0.1, 0.15) is 16.7 Å². The van der Waals surface area contributed by atoms with Crippen molar-refractivity contribution in [3.05, 3.63) is 241 Å². The fourth-order valence-electron chi connectivity index (χ4n) is 10.2. The van der Waals surface area contributed by atoms with Gasteiger partial charge in [-0.25, -0.2) is 0 Å². The summed E-state index contributed by atoms with van der Waals surface area (Å²) in [6, 6.07) is 77.0. The number of hydrogen-bond donors (Lipinski definition) is 0. The van der Waals surface area contributed by atoms with Crippen LogP contribution in [-0.2, 0) is 6.18 Å². The van der Waals surface area contributed by atoms with Crippen molar-refractivity contribution in [1.29, 1.82) is 5.26 Å². The second-order valence-electron chi connectivity index (χ2n) is 17.6. The Morgan fingerprint density at radius 3 is 0.971 bits per heavy atom. The minimum absolute atomic E-state index is 0.366. The molecule has 0 N–H and O–H groups in total. The van der Waals surface area contributed by atoms with Crippen LogP contribution < -0.4 is 0 Å². The van der Waals surface area contributed by atoms with E-state index in [4.69, 9.17) is 0 Å². The largest absolute Gasteiger partial charge is 0.416 e. The Labute approximate surface area is 396 Å². The van der Waals surface area contributed by atoms with E-state index in [1.165, 1.54) is 12.1 Å². The summed E-state index contributed by atoms with van der Waals surface area (Å²) in [5.74, 6) is 0. The summed E-state index contributed by atoms with van der Waals surface area (Å²) in [5.41, 5.74) is 13.6. The molecule has 0 atom stereocenters. The van der Waals surface area contributed by atoms with Gasteiger partial charge in [0, 0.05) is 21.5 Å². The van der Waals surface area contributed by atoms with Crippen LogP contribution >= 0.6 is 0 Å². The van der Waals surface area contributed by atoms with Crippen molar-refractivity contribution in [2.24, 2.45) is 0 Å². The van der Waals surface area contributed by atoms with Crippen molar-refractivity contribution in [1.82, 2.24) is 9.13 Å². The number of fused-ring (bicyclic) bond motifs is 6. The van der Waals surface area contributed by atoms with Gasteiger partial charge in [-0.15, -0.1) is 0 Å². The molecule has 12 rings (SSSR count). The predicted molar refractivity (Wildman–Crippen MR) is 277 cm³/mol. The van der Waals surface area contributed by atoms with Crippen molar-refractivity contribution >= 4 is 43.6 Å². The molecule has 0 unspecified atom stereocenters. The quantitative estimate of drug-likeness (QED) is 0.157. The SMILES string of the molecule is Cc1cc(-c2cc(-n3c4cc(-c5ccccc5)ccc4c4ccc(-c5ccccc5)cc43)c(C#N)c(-n3c4cc(-c5ccccc5)ccc4c4ccc(-c5ccccc5)cc43)c2)cc(C(F)(F)F)c1. The molecule has 0 radical (unpaired) electrons. The van der Waals surface area contributed by atoms with E-state index in [9.17, 15) is 18.4 Å². The third-order valence-corrected chi connectivity index (χ3v) is 13.4. The summed E-state index contributed by atoms with van der Waals surface area (Å²) in [6.07, 6.45) is -4.58. The molecule has 0 saturated carbocycles. The van der Waals surface area contributed by atoms with Crippen LogP contribution in [0.4, 0.5) is 13.2 Å². The lowest BCUT2D eigenvalue weighted by atomic mass is 9.96. The van der Waals surface area contributed by atoms with Gasteiger partial charge in [0.15, 0.2) is 0 Å². The fraction of sp³-hybridized carbons (Fsp3) is 0.0317. The van der Waals surface area contributed by atoms with E-state index in [0.29, 0.717) is 33.6 Å². The fourth-order valence-corrected chi connectivity index (χ4v) is 10.2. The van der Waals surface area contributed by atoms with Crippen molar-refractivity contribution in [2.45, 2.75) is 13.1 Å². The molecule has 0 spiro atoms. The van der Waals surface area contributed by atoms with Crippen molar-refractivity contribution in [3.63, 3.8) is 0 Å². The predicted octanol–water partition coefficient (Wildman–Crippen LogP) is 17.4. The Bertz CT molecular complexity index is 3580. The molecular formula is C63H40F3N3. The van der Waals surface area contributed by atoms with Crippen LogP contribution in [0.5, 0.6) is 0 Å². The highest BCUT2D eigenvalue weighted by molar-refractivity contribution is 6.13. The Balaban J connectivity index is 1.25. The first-order chi connectivity index (χ1) is 33.7. The zero-order chi connectivity index (χ0) is 46.8. The van der Waals surface area contributed by atoms with E-state index in [-0.39, 0.29) is 0 Å². The van der Waals surface area contributed by atoms with E-state index >= 15 is 0 Å². The molecular weight excluding hydrogens is 856 g/mol. The molecule has 69 heavy (non-hydrogen) atoms. The smallest absolute Gasteiger partial charge is 0.308 e. The summed E-state index contributed by atoms with van der Waals surface area (Å²) in [5, 5.41) is 15.8. The van der Waals surface area contributed by atoms with E-state index < -0.39 is 11.7 Å². The second kappa shape index (κ2) is 16.4. The number of benzene rings is 10. The van der Waals surface area contributed by atoms with Crippen LogP contribution in [0.3, 0.4) is 0 Å². The molecule has 12 aromatic rings. The lowest BCUT2D eigenvalue weighted by Crippen LogP contribution is -2.07. The average molecular weight is 896 g/mol. The van der Waals surface area contributed by atoms with Gasteiger partial charge in [0.1, 0.15) is 11.6 Å². The molecule has 0 fully saturated rings. The molecule has 0 aliphatic heterocycles. The first-order valence-corrected chi connectivity index (χ1v) is 22.9. The Morgan fingerprint density at radius 2 is 0.667 bits per heavy atom. The molecule has 0 bridgehead atoms. The minimum atomic E-state index is -4.58. The maximum atomic E-state index is 14.7. The second-order valence-corrected chi connectivity index (χ2v) is 17.6. The van der Waals surface area contributed by atoms with Crippen LogP contribution in [0.25, 0.3) is 111 Å². The maximum Gasteiger partial charge on any atom is 0.416 e. The summed E-state index contributed by atoms with van der Waals surface area (Å²) in [6.45, 7) is 1.69. The van der Waals surface area contributed by atoms with Gasteiger partial charge in [-0.2, -0.15) is 18.4 Å². The molecule has 0 aliphatic carbocycles. The molecule has 6 heteroatoms. The number of halogens is 3. The van der Waals surface area contributed by atoms with Crippen molar-refractivity contribution in [2.75, 3.05) is 0 Å². The molecule has 328 valence electrons. The van der Waals surface area contributed by atoms with Gasteiger partial charge < -0.3 is 9.13 Å². The molecule has 3 nitrogen and oxygen atoms in total. The molecule has 10 aromatic carbocycles. The topological polar surface area (TPSA) is 33.6 Å². The van der Waals surface area contributed by atoms with E-state index in [1.54, 1.807) is 13.0 Å². The standard InChI is InChI=1S/C63H40F3N3/c1-40-30-49(32-51(31-40)63(64,65)66)50-37-61(68-57-33-45(41-14-6-2-7-15-41)22-26-52(57)53-27-23-46(34-58(53)68)42-16-8-3-9-17-42)56(39-67)62(38-50)69-59-35-47(43-18-10-4-11-19-43)24-28-54(59)55-29-25-48(36-60(55)69)44-20-12-5-13-21-44/h2-38H,1H3. The van der Waals surface area contributed by atoms with E-state index in [2.05, 4.69) is 137 Å². The molecule has 0 aliphatic rings. The van der Waals surface area contributed by atoms with Gasteiger partial charge in [0.25, 0.3) is 0 Å². The average Bonchev–Trinajstić information content (AvgIpc) is 3.89. The first-order valence-electron chi connectivity index (χ1n) is 22.9. The summed E-state index contributed by atoms with van der Waals surface area (Å²) in [4.78, 5) is 0. The molecule has 2 aromatic heterocycles. The van der Waals surface area contributed by atoms with Crippen LogP contribution in [-0.4, -0.2) is 9.13 Å². The summed E-state index contributed by atoms with van der Waals surface area (Å²) < 4.78 is 48.5. The molecule has 0 saturated heterocycles. The van der Waals surface area contributed by atoms with Crippen LogP contribution in [0.15, 0.2) is 224 Å². The van der Waals surface area contributed by atoms with Gasteiger partial charge in [-0.3, -0.25) is 0 Å². The number of alkyl halides is 3. The van der Waals surface area contributed by atoms with Gasteiger partial charge in [-0.05, 0) is 117 Å². The molecule has 0 amide bonds.